The number of nitrogen functional groups attached to an aromatic ring is 1. The van der Waals surface area contributed by atoms with E-state index in [1.807, 2.05) is 67.6 Å². The van der Waals surface area contributed by atoms with Gasteiger partial charge in [-0.15, -0.1) is 0 Å². The largest absolute Gasteiger partial charge is 0.493 e. The fourth-order valence-corrected chi connectivity index (χ4v) is 5.86. The van der Waals surface area contributed by atoms with Crippen molar-refractivity contribution in [2.24, 2.45) is 0 Å². The van der Waals surface area contributed by atoms with Crippen molar-refractivity contribution < 1.29 is 23.4 Å². The number of pyridine rings is 2. The second kappa shape index (κ2) is 13.7. The molecule has 2 aromatic heterocycles. The summed E-state index contributed by atoms with van der Waals surface area (Å²) in [4.78, 5) is 31.7. The van der Waals surface area contributed by atoms with Gasteiger partial charge in [0.1, 0.15) is 17.1 Å². The molecule has 10 heteroatoms. The number of aromatic nitrogens is 2. The number of anilines is 2. The Hall–Kier alpha value is -5.48. The highest BCUT2D eigenvalue weighted by Gasteiger charge is 2.33. The van der Waals surface area contributed by atoms with Gasteiger partial charge >= 0.3 is 0 Å². The zero-order chi connectivity index (χ0) is 33.8. The molecule has 1 saturated heterocycles. The molecule has 0 unspecified atom stereocenters. The Labute approximate surface area is 278 Å². The Morgan fingerprint density at radius 1 is 0.896 bits per heavy atom. The van der Waals surface area contributed by atoms with Gasteiger partial charge in [0, 0.05) is 67.0 Å². The molecule has 0 bridgehead atoms. The number of nitrogens with one attached hydrogen (secondary N) is 1. The number of hydrogen-bond acceptors (Lipinski definition) is 7. The lowest BCUT2D eigenvalue weighted by Gasteiger charge is -2.30. The van der Waals surface area contributed by atoms with E-state index in [2.05, 4.69) is 10.3 Å². The van der Waals surface area contributed by atoms with E-state index in [1.54, 1.807) is 43.3 Å². The smallest absolute Gasteiger partial charge is 0.261 e. The molecule has 246 valence electrons. The maximum Gasteiger partial charge on any atom is 0.261 e. The van der Waals surface area contributed by atoms with Gasteiger partial charge in [-0.05, 0) is 53.9 Å². The van der Waals surface area contributed by atoms with Crippen LogP contribution in [-0.4, -0.2) is 48.6 Å². The summed E-state index contributed by atoms with van der Waals surface area (Å²) in [6.07, 6.45) is 5.24. The van der Waals surface area contributed by atoms with Crippen molar-refractivity contribution in [1.82, 2.24) is 9.55 Å². The van der Waals surface area contributed by atoms with Crippen LogP contribution in [0.4, 0.5) is 15.9 Å². The average molecular weight is 649 g/mol. The summed E-state index contributed by atoms with van der Waals surface area (Å²) >= 11 is 0. The number of benzene rings is 3. The Balaban J connectivity index is 1.28. The predicted molar refractivity (Wildman–Crippen MR) is 185 cm³/mol. The van der Waals surface area contributed by atoms with Crippen molar-refractivity contribution in [2.75, 3.05) is 38.5 Å². The minimum Gasteiger partial charge on any atom is -0.493 e. The molecule has 0 saturated carbocycles. The van der Waals surface area contributed by atoms with Crippen molar-refractivity contribution in [3.63, 3.8) is 0 Å². The van der Waals surface area contributed by atoms with Gasteiger partial charge in [0.15, 0.2) is 11.5 Å². The second-order valence-electron chi connectivity index (χ2n) is 12.0. The monoisotopic (exact) mass is 648 g/mol. The topological polar surface area (TPSA) is 118 Å². The third kappa shape index (κ3) is 6.94. The highest BCUT2D eigenvalue weighted by atomic mass is 19.1. The van der Waals surface area contributed by atoms with Crippen molar-refractivity contribution in [2.45, 2.75) is 32.0 Å². The first kappa shape index (κ1) is 32.5. The molecule has 3 heterocycles. The lowest BCUT2D eigenvalue weighted by Crippen LogP contribution is -2.36. The number of carbonyl (C=O) groups is 1. The van der Waals surface area contributed by atoms with E-state index in [4.69, 9.17) is 19.9 Å². The Kier molecular flexibility index (Phi) is 9.27. The fourth-order valence-electron chi connectivity index (χ4n) is 5.86. The first-order valence-electron chi connectivity index (χ1n) is 15.6. The number of alkyl halides is 1. The number of aryl methyl sites for hydroxylation is 1. The minimum absolute atomic E-state index is 0.00229. The number of rotatable bonds is 9. The van der Waals surface area contributed by atoms with E-state index in [-0.39, 0.29) is 24.9 Å². The molecule has 3 aromatic carbocycles. The number of methoxy groups -OCH3 is 2. The lowest BCUT2D eigenvalue weighted by molar-refractivity contribution is -0.0178. The second-order valence-corrected chi connectivity index (χ2v) is 12.0. The van der Waals surface area contributed by atoms with Gasteiger partial charge in [-0.25, -0.2) is 9.37 Å². The number of amides is 1. The van der Waals surface area contributed by atoms with Crippen LogP contribution in [0.1, 0.15) is 28.8 Å². The first-order valence-corrected chi connectivity index (χ1v) is 15.6. The molecule has 1 fully saturated rings. The molecular formula is C38H37FN4O5. The van der Waals surface area contributed by atoms with Gasteiger partial charge in [-0.3, -0.25) is 9.59 Å². The molecule has 5 aromatic rings. The number of carbonyl (C=O) groups excluding carboxylic acids is 1. The Bertz CT molecular complexity index is 2000. The summed E-state index contributed by atoms with van der Waals surface area (Å²) in [5.74, 6) is 0.970. The summed E-state index contributed by atoms with van der Waals surface area (Å²) in [6, 6.07) is 22.1. The standard InChI is InChI=1S/C38H37FN4O5/c1-24-4-6-26(7-5-24)31-21-43(23-38(39)14-16-48-17-15-38)22-32(35(31)44)37(45)42-29-11-8-25(9-12-29)30-18-28(20-41-36(30)40)27-10-13-33(46-2)34(19-27)47-3/h4-13,18-22H,14-17,23H2,1-3H3,(H2,40,41)(H,42,45). The van der Waals surface area contributed by atoms with Crippen LogP contribution in [0.3, 0.4) is 0 Å². The number of nitrogens with two attached hydrogens (primary N) is 1. The summed E-state index contributed by atoms with van der Waals surface area (Å²) in [6.45, 7) is 2.61. The molecule has 0 spiro atoms. The maximum absolute atomic E-state index is 15.7. The molecule has 48 heavy (non-hydrogen) atoms. The number of halogens is 1. The Morgan fingerprint density at radius 2 is 1.54 bits per heavy atom. The van der Waals surface area contributed by atoms with Gasteiger partial charge in [-0.1, -0.05) is 48.0 Å². The molecular weight excluding hydrogens is 611 g/mol. The van der Waals surface area contributed by atoms with Crippen LogP contribution in [0.25, 0.3) is 33.4 Å². The molecule has 6 rings (SSSR count). The van der Waals surface area contributed by atoms with Crippen LogP contribution in [0.5, 0.6) is 11.5 Å². The fraction of sp³-hybridized carbons (Fsp3) is 0.237. The highest BCUT2D eigenvalue weighted by molar-refractivity contribution is 6.04. The predicted octanol–water partition coefficient (Wildman–Crippen LogP) is 6.92. The zero-order valence-corrected chi connectivity index (χ0v) is 27.1. The first-order chi connectivity index (χ1) is 23.2. The van der Waals surface area contributed by atoms with Crippen molar-refractivity contribution >= 4 is 17.4 Å². The molecule has 0 aliphatic carbocycles. The lowest BCUT2D eigenvalue weighted by atomic mass is 9.96. The van der Waals surface area contributed by atoms with Crippen LogP contribution in [-0.2, 0) is 11.3 Å². The van der Waals surface area contributed by atoms with Crippen LogP contribution in [0, 0.1) is 6.92 Å². The quantitative estimate of drug-likeness (QED) is 0.178. The van der Waals surface area contributed by atoms with Crippen molar-refractivity contribution in [1.29, 1.82) is 0 Å². The van der Waals surface area contributed by atoms with Gasteiger partial charge in [-0.2, -0.15) is 0 Å². The molecule has 1 aliphatic heterocycles. The van der Waals surface area contributed by atoms with Crippen LogP contribution in [0.2, 0.25) is 0 Å². The van der Waals surface area contributed by atoms with E-state index in [1.165, 1.54) is 6.20 Å². The molecule has 1 amide bonds. The normalized spacial score (nSPS) is 13.9. The van der Waals surface area contributed by atoms with Crippen LogP contribution >= 0.6 is 0 Å². The van der Waals surface area contributed by atoms with Gasteiger partial charge in [0.05, 0.1) is 20.8 Å². The third-order valence-electron chi connectivity index (χ3n) is 8.63. The molecule has 9 nitrogen and oxygen atoms in total. The average Bonchev–Trinajstić information content (AvgIpc) is 3.10. The highest BCUT2D eigenvalue weighted by Crippen LogP contribution is 2.35. The summed E-state index contributed by atoms with van der Waals surface area (Å²) in [5, 5.41) is 2.84. The summed E-state index contributed by atoms with van der Waals surface area (Å²) in [5.41, 5.74) is 9.95. The SMILES string of the molecule is COc1ccc(-c2cnc(N)c(-c3ccc(NC(=O)c4cn(CC5(F)CCOCC5)cc(-c5ccc(C)cc5)c4=O)cc3)c2)cc1OC. The van der Waals surface area contributed by atoms with Crippen molar-refractivity contribution in [3.05, 3.63) is 113 Å². The maximum atomic E-state index is 15.7. The third-order valence-corrected chi connectivity index (χ3v) is 8.63. The van der Waals surface area contributed by atoms with E-state index in [9.17, 15) is 9.59 Å². The number of hydrogen-bond donors (Lipinski definition) is 2. The molecule has 1 aliphatic rings. The molecule has 3 N–H and O–H groups in total. The minimum atomic E-state index is -1.51. The van der Waals surface area contributed by atoms with E-state index in [0.29, 0.717) is 52.9 Å². The molecule has 0 atom stereocenters. The number of ether oxygens (including phenoxy) is 3. The number of nitrogens with zero attached hydrogens (tertiary/aromatic N) is 2. The van der Waals surface area contributed by atoms with E-state index in [0.717, 1.165) is 22.3 Å². The van der Waals surface area contributed by atoms with Gasteiger partial charge in [0.2, 0.25) is 5.43 Å². The van der Waals surface area contributed by atoms with Crippen LogP contribution in [0.15, 0.2) is 96.2 Å². The van der Waals surface area contributed by atoms with E-state index >= 15 is 4.39 Å². The van der Waals surface area contributed by atoms with Gasteiger partial charge < -0.3 is 29.8 Å². The van der Waals surface area contributed by atoms with Crippen LogP contribution < -0.4 is 26.0 Å². The zero-order valence-electron chi connectivity index (χ0n) is 27.1. The van der Waals surface area contributed by atoms with Gasteiger partial charge in [0.25, 0.3) is 5.91 Å². The Morgan fingerprint density at radius 3 is 2.23 bits per heavy atom. The summed E-state index contributed by atoms with van der Waals surface area (Å²) < 4.78 is 33.5. The van der Waals surface area contributed by atoms with Crippen molar-refractivity contribution in [3.8, 4) is 44.9 Å². The molecule has 0 radical (unpaired) electrons. The van der Waals surface area contributed by atoms with E-state index < -0.39 is 17.0 Å². The summed E-state index contributed by atoms with van der Waals surface area (Å²) in [7, 11) is 3.16.